The number of allylic oxidation sites excluding steroid dienone is 2. The van der Waals surface area contributed by atoms with E-state index >= 15 is 0 Å². The predicted octanol–water partition coefficient (Wildman–Crippen LogP) is 1.03. The zero-order valence-corrected chi connectivity index (χ0v) is 14.6. The van der Waals surface area contributed by atoms with Crippen molar-refractivity contribution >= 4 is 17.9 Å². The average Bonchev–Trinajstić information content (AvgIpc) is 2.49. The quantitative estimate of drug-likeness (QED) is 0.390. The second-order valence-electron chi connectivity index (χ2n) is 4.58. The van der Waals surface area contributed by atoms with Crippen molar-refractivity contribution in [1.82, 2.24) is 0 Å². The summed E-state index contributed by atoms with van der Waals surface area (Å²) in [6.45, 7) is 7.94. The van der Waals surface area contributed by atoms with Crippen LogP contribution in [0.5, 0.6) is 0 Å². The van der Waals surface area contributed by atoms with Crippen molar-refractivity contribution in [2.45, 2.75) is 0 Å². The summed E-state index contributed by atoms with van der Waals surface area (Å²) < 4.78 is 0. The first-order valence-electron chi connectivity index (χ1n) is 6.53. The van der Waals surface area contributed by atoms with E-state index in [1.165, 1.54) is 10.6 Å². The van der Waals surface area contributed by atoms with Crippen molar-refractivity contribution in [3.8, 4) is 0 Å². The molecule has 0 bridgehead atoms. The van der Waals surface area contributed by atoms with E-state index in [-0.39, 0.29) is 24.0 Å². The molecule has 2 aromatic carbocycles. The Morgan fingerprint density at radius 2 is 1.05 bits per heavy atom. The van der Waals surface area contributed by atoms with E-state index in [1.54, 1.807) is 0 Å². The van der Waals surface area contributed by atoms with Crippen molar-refractivity contribution in [3.05, 3.63) is 86.0 Å². The number of hydrogen-bond donors (Lipinski definition) is 0. The molecule has 2 heteroatoms. The van der Waals surface area contributed by atoms with Gasteiger partial charge in [0.2, 0.25) is 0 Å². The molecule has 0 aromatic heterocycles. The maximum Gasteiger partial charge on any atom is 0.0998 e. The predicted molar refractivity (Wildman–Crippen MR) is 89.2 cm³/mol. The minimum Gasteiger partial charge on any atom is -1.00 e. The van der Waals surface area contributed by atoms with Gasteiger partial charge < -0.3 is 24.0 Å². The Balaban J connectivity index is 0.00000200. The molecule has 0 saturated heterocycles. The zero-order valence-electron chi connectivity index (χ0n) is 11.6. The molecule has 104 valence electrons. The third-order valence-corrected chi connectivity index (χ3v) is 7.72. The maximum atomic E-state index is 3.97. The number of hydrogen-bond acceptors (Lipinski definition) is 0. The van der Waals surface area contributed by atoms with Crippen LogP contribution in [0.3, 0.4) is 0 Å². The normalized spacial score (nSPS) is 10.4. The van der Waals surface area contributed by atoms with E-state index in [0.717, 1.165) is 12.3 Å². The first-order chi connectivity index (χ1) is 9.33. The van der Waals surface area contributed by atoms with Crippen LogP contribution in [0.2, 0.25) is 0 Å². The lowest BCUT2D eigenvalue weighted by atomic mass is 10.4. The summed E-state index contributed by atoms with van der Waals surface area (Å²) in [4.78, 5) is 0. The maximum absolute atomic E-state index is 3.97. The molecule has 0 radical (unpaired) electrons. The summed E-state index contributed by atoms with van der Waals surface area (Å²) in [5.74, 6) is 0. The van der Waals surface area contributed by atoms with Gasteiger partial charge in [0.25, 0.3) is 0 Å². The van der Waals surface area contributed by atoms with Gasteiger partial charge in [-0.1, -0.05) is 61.7 Å². The number of rotatable bonds is 6. The van der Waals surface area contributed by atoms with Crippen LogP contribution in [0.15, 0.2) is 86.0 Å². The highest BCUT2D eigenvalue weighted by Crippen LogP contribution is 2.56. The molecule has 2 rings (SSSR count). The fourth-order valence-electron chi connectivity index (χ4n) is 2.51. The molecular formula is C18H20IP. The molecule has 0 aliphatic rings. The fourth-order valence-corrected chi connectivity index (χ4v) is 6.17. The summed E-state index contributed by atoms with van der Waals surface area (Å²) >= 11 is 0. The van der Waals surface area contributed by atoms with Crippen LogP contribution in [0.1, 0.15) is 0 Å². The summed E-state index contributed by atoms with van der Waals surface area (Å²) in [6, 6.07) is 21.6. The van der Waals surface area contributed by atoms with Gasteiger partial charge in [-0.3, -0.25) is 0 Å². The lowest BCUT2D eigenvalue weighted by Gasteiger charge is -2.25. The lowest BCUT2D eigenvalue weighted by Crippen LogP contribution is -3.00. The molecule has 0 amide bonds. The molecule has 0 fully saturated rings. The van der Waals surface area contributed by atoms with Gasteiger partial charge in [0.05, 0.1) is 30.2 Å². The third-order valence-electron chi connectivity index (χ3n) is 3.38. The Kier molecular flexibility index (Phi) is 7.18. The summed E-state index contributed by atoms with van der Waals surface area (Å²) in [5, 5.41) is 2.86. The van der Waals surface area contributed by atoms with E-state index in [1.807, 2.05) is 0 Å². The first kappa shape index (κ1) is 17.1. The molecule has 0 N–H and O–H groups in total. The lowest BCUT2D eigenvalue weighted by molar-refractivity contribution is -0.00000377. The minimum atomic E-state index is -1.44. The Hall–Kier alpha value is -0.920. The van der Waals surface area contributed by atoms with Gasteiger partial charge in [-0.2, -0.15) is 0 Å². The summed E-state index contributed by atoms with van der Waals surface area (Å²) in [6.07, 6.45) is 6.15. The van der Waals surface area contributed by atoms with Gasteiger partial charge in [0.1, 0.15) is 0 Å². The molecule has 2 aromatic rings. The molecule has 0 atom stereocenters. The second kappa shape index (κ2) is 8.39. The fraction of sp³-hybridized carbons (Fsp3) is 0.111. The molecule has 0 heterocycles. The van der Waals surface area contributed by atoms with Crippen molar-refractivity contribution in [2.24, 2.45) is 0 Å². The molecule has 0 unspecified atom stereocenters. The van der Waals surface area contributed by atoms with Crippen LogP contribution in [-0.4, -0.2) is 12.3 Å². The van der Waals surface area contributed by atoms with Crippen LogP contribution in [0, 0.1) is 0 Å². The summed E-state index contributed by atoms with van der Waals surface area (Å²) in [7, 11) is -1.44. The highest BCUT2D eigenvalue weighted by atomic mass is 127. The second-order valence-corrected chi connectivity index (χ2v) is 8.28. The van der Waals surface area contributed by atoms with Crippen molar-refractivity contribution in [2.75, 3.05) is 12.3 Å². The van der Waals surface area contributed by atoms with Gasteiger partial charge in [-0.05, 0) is 24.3 Å². The monoisotopic (exact) mass is 394 g/mol. The largest absolute Gasteiger partial charge is 1.00 e. The first-order valence-corrected chi connectivity index (χ1v) is 8.69. The Morgan fingerprint density at radius 1 is 0.700 bits per heavy atom. The Morgan fingerprint density at radius 3 is 1.35 bits per heavy atom. The zero-order chi connectivity index (χ0) is 13.6. The van der Waals surface area contributed by atoms with E-state index in [2.05, 4.69) is 86.0 Å². The van der Waals surface area contributed by atoms with Crippen molar-refractivity contribution in [3.63, 3.8) is 0 Å². The van der Waals surface area contributed by atoms with Crippen LogP contribution in [0.4, 0.5) is 0 Å². The summed E-state index contributed by atoms with van der Waals surface area (Å²) in [5.41, 5.74) is 0. The van der Waals surface area contributed by atoms with Crippen LogP contribution in [0.25, 0.3) is 0 Å². The molecule has 20 heavy (non-hydrogen) atoms. The SMILES string of the molecule is C=CC[P+](CC=C)(c1ccccc1)c1ccccc1.[I-]. The topological polar surface area (TPSA) is 0 Å². The van der Waals surface area contributed by atoms with Gasteiger partial charge in [0.15, 0.2) is 0 Å². The third kappa shape index (κ3) is 3.59. The highest BCUT2D eigenvalue weighted by Gasteiger charge is 2.39. The Bertz CT molecular complexity index is 482. The number of halogens is 1. The van der Waals surface area contributed by atoms with Crippen LogP contribution < -0.4 is 34.6 Å². The van der Waals surface area contributed by atoms with Crippen LogP contribution in [-0.2, 0) is 0 Å². The van der Waals surface area contributed by atoms with Crippen molar-refractivity contribution in [1.29, 1.82) is 0 Å². The van der Waals surface area contributed by atoms with Gasteiger partial charge >= 0.3 is 0 Å². The minimum absolute atomic E-state index is 0. The van der Waals surface area contributed by atoms with Crippen LogP contribution >= 0.6 is 7.26 Å². The highest BCUT2D eigenvalue weighted by molar-refractivity contribution is 7.89. The van der Waals surface area contributed by atoms with E-state index in [0.29, 0.717) is 0 Å². The van der Waals surface area contributed by atoms with E-state index in [9.17, 15) is 0 Å². The Labute approximate surface area is 140 Å². The number of benzene rings is 2. The molecule has 0 saturated carbocycles. The molecule has 0 aliphatic carbocycles. The molecule has 0 spiro atoms. The molecular weight excluding hydrogens is 374 g/mol. The molecule has 0 nitrogen and oxygen atoms in total. The van der Waals surface area contributed by atoms with E-state index in [4.69, 9.17) is 0 Å². The average molecular weight is 394 g/mol. The van der Waals surface area contributed by atoms with E-state index < -0.39 is 7.26 Å². The van der Waals surface area contributed by atoms with Crippen molar-refractivity contribution < 1.29 is 24.0 Å². The van der Waals surface area contributed by atoms with Gasteiger partial charge in [-0.25, -0.2) is 0 Å². The smallest absolute Gasteiger partial charge is 0.0998 e. The van der Waals surface area contributed by atoms with Gasteiger partial charge in [-0.15, -0.1) is 0 Å². The molecule has 0 aliphatic heterocycles. The van der Waals surface area contributed by atoms with Gasteiger partial charge in [0, 0.05) is 0 Å². The standard InChI is InChI=1S/C18H20P.HI/c1-3-15-19(16-4-2,17-11-7-5-8-12-17)18-13-9-6-10-14-18;/h3-14H,1-2,15-16H2;1H/q+1;/p-1.